The van der Waals surface area contributed by atoms with E-state index in [1.807, 2.05) is 73.6 Å². The molecule has 0 saturated heterocycles. The lowest BCUT2D eigenvalue weighted by atomic mass is 10.1. The van der Waals surface area contributed by atoms with Crippen molar-refractivity contribution in [3.05, 3.63) is 90.0 Å². The van der Waals surface area contributed by atoms with E-state index in [0.717, 1.165) is 11.3 Å². The van der Waals surface area contributed by atoms with Gasteiger partial charge in [0.05, 0.1) is 5.56 Å². The topological polar surface area (TPSA) is 70.7 Å². The lowest BCUT2D eigenvalue weighted by Gasteiger charge is -2.18. The van der Waals surface area contributed by atoms with Gasteiger partial charge in [-0.1, -0.05) is 48.5 Å². The first-order valence-corrected chi connectivity index (χ1v) is 9.64. The summed E-state index contributed by atoms with van der Waals surface area (Å²) in [7, 11) is 3.74. The molecule has 0 unspecified atom stereocenters. The zero-order chi connectivity index (χ0) is 21.3. The maximum atomic E-state index is 12.8. The quantitative estimate of drug-likeness (QED) is 0.602. The molecular formula is C24H25N3O3. The van der Waals surface area contributed by atoms with Crippen LogP contribution in [0.5, 0.6) is 5.75 Å². The van der Waals surface area contributed by atoms with Crippen molar-refractivity contribution in [1.29, 1.82) is 0 Å². The number of benzene rings is 3. The summed E-state index contributed by atoms with van der Waals surface area (Å²) in [6.07, 6.45) is 0. The number of ether oxygens (including phenoxy) is 1. The third-order valence-corrected chi connectivity index (χ3v) is 4.42. The molecule has 0 fully saturated rings. The SMILES string of the molecule is CN(C)c1ccc(NC(=O)COc2ccccc2)cc1C(=O)NCc1ccccc1. The molecule has 0 aliphatic heterocycles. The summed E-state index contributed by atoms with van der Waals surface area (Å²) in [5.74, 6) is 0.114. The molecule has 3 aromatic carbocycles. The molecule has 0 atom stereocenters. The lowest BCUT2D eigenvalue weighted by molar-refractivity contribution is -0.118. The van der Waals surface area contributed by atoms with Crippen LogP contribution in [-0.4, -0.2) is 32.5 Å². The molecule has 6 nitrogen and oxygen atoms in total. The van der Waals surface area contributed by atoms with Gasteiger partial charge in [0.15, 0.2) is 6.61 Å². The summed E-state index contributed by atoms with van der Waals surface area (Å²) in [6, 6.07) is 24.1. The van der Waals surface area contributed by atoms with Crippen molar-refractivity contribution in [2.45, 2.75) is 6.54 Å². The van der Waals surface area contributed by atoms with Crippen LogP contribution >= 0.6 is 0 Å². The van der Waals surface area contributed by atoms with Crippen LogP contribution in [-0.2, 0) is 11.3 Å². The number of carbonyl (C=O) groups excluding carboxylic acids is 2. The van der Waals surface area contributed by atoms with Crippen molar-refractivity contribution < 1.29 is 14.3 Å². The van der Waals surface area contributed by atoms with E-state index in [4.69, 9.17) is 4.74 Å². The lowest BCUT2D eigenvalue weighted by Crippen LogP contribution is -2.26. The summed E-state index contributed by atoms with van der Waals surface area (Å²) in [5, 5.41) is 5.72. The fraction of sp³-hybridized carbons (Fsp3) is 0.167. The second kappa shape index (κ2) is 10.1. The summed E-state index contributed by atoms with van der Waals surface area (Å²) < 4.78 is 5.47. The Morgan fingerprint density at radius 2 is 1.57 bits per heavy atom. The van der Waals surface area contributed by atoms with Gasteiger partial charge in [-0.05, 0) is 35.9 Å². The molecule has 0 aliphatic rings. The van der Waals surface area contributed by atoms with E-state index >= 15 is 0 Å². The third-order valence-electron chi connectivity index (χ3n) is 4.42. The standard InChI is InChI=1S/C24H25N3O3/c1-27(2)22-14-13-19(26-23(28)17-30-20-11-7-4-8-12-20)15-21(22)24(29)25-16-18-9-5-3-6-10-18/h3-15H,16-17H2,1-2H3,(H,25,29)(H,26,28). The minimum Gasteiger partial charge on any atom is -0.484 e. The van der Waals surface area contributed by atoms with Crippen molar-refractivity contribution in [2.24, 2.45) is 0 Å². The molecule has 30 heavy (non-hydrogen) atoms. The van der Waals surface area contributed by atoms with Crippen LogP contribution in [0.1, 0.15) is 15.9 Å². The van der Waals surface area contributed by atoms with Crippen molar-refractivity contribution in [2.75, 3.05) is 30.9 Å². The first-order chi connectivity index (χ1) is 14.5. The summed E-state index contributed by atoms with van der Waals surface area (Å²) in [6.45, 7) is 0.309. The van der Waals surface area contributed by atoms with Gasteiger partial charge in [0.2, 0.25) is 0 Å². The number of para-hydroxylation sites is 1. The molecule has 0 saturated carbocycles. The fourth-order valence-electron chi connectivity index (χ4n) is 2.92. The van der Waals surface area contributed by atoms with Crippen molar-refractivity contribution >= 4 is 23.2 Å². The minimum atomic E-state index is -0.299. The van der Waals surface area contributed by atoms with Crippen LogP contribution in [0.2, 0.25) is 0 Å². The molecule has 3 rings (SSSR count). The van der Waals surface area contributed by atoms with E-state index in [9.17, 15) is 9.59 Å². The maximum Gasteiger partial charge on any atom is 0.262 e. The highest BCUT2D eigenvalue weighted by molar-refractivity contribution is 6.02. The van der Waals surface area contributed by atoms with Crippen LogP contribution in [0.4, 0.5) is 11.4 Å². The molecule has 154 valence electrons. The highest BCUT2D eigenvalue weighted by Crippen LogP contribution is 2.23. The van der Waals surface area contributed by atoms with Crippen LogP contribution in [0.15, 0.2) is 78.9 Å². The van der Waals surface area contributed by atoms with Crippen LogP contribution in [0.3, 0.4) is 0 Å². The largest absolute Gasteiger partial charge is 0.484 e. The highest BCUT2D eigenvalue weighted by atomic mass is 16.5. The normalized spacial score (nSPS) is 10.2. The Balaban J connectivity index is 1.67. The summed E-state index contributed by atoms with van der Waals surface area (Å²) in [4.78, 5) is 26.9. The smallest absolute Gasteiger partial charge is 0.262 e. The van der Waals surface area contributed by atoms with Crippen LogP contribution < -0.4 is 20.3 Å². The van der Waals surface area contributed by atoms with E-state index in [-0.39, 0.29) is 18.4 Å². The number of hydrogen-bond acceptors (Lipinski definition) is 4. The van der Waals surface area contributed by atoms with Gasteiger partial charge >= 0.3 is 0 Å². The Labute approximate surface area is 176 Å². The fourth-order valence-corrected chi connectivity index (χ4v) is 2.92. The number of rotatable bonds is 8. The van der Waals surface area contributed by atoms with Gasteiger partial charge in [-0.15, -0.1) is 0 Å². The Bertz CT molecular complexity index is 989. The number of hydrogen-bond donors (Lipinski definition) is 2. The molecule has 2 N–H and O–H groups in total. The van der Waals surface area contributed by atoms with Gasteiger partial charge in [-0.3, -0.25) is 9.59 Å². The Morgan fingerprint density at radius 3 is 2.23 bits per heavy atom. The minimum absolute atomic E-state index is 0.116. The predicted molar refractivity (Wildman–Crippen MR) is 119 cm³/mol. The Kier molecular flexibility index (Phi) is 7.05. The van der Waals surface area contributed by atoms with Crippen LogP contribution in [0, 0.1) is 0 Å². The molecule has 2 amide bonds. The Morgan fingerprint density at radius 1 is 0.900 bits per heavy atom. The number of amides is 2. The van der Waals surface area contributed by atoms with E-state index in [2.05, 4.69) is 10.6 Å². The zero-order valence-electron chi connectivity index (χ0n) is 17.1. The molecule has 0 spiro atoms. The van der Waals surface area contributed by atoms with Crippen LogP contribution in [0.25, 0.3) is 0 Å². The molecule has 3 aromatic rings. The molecule has 0 bridgehead atoms. The predicted octanol–water partition coefficient (Wildman–Crippen LogP) is 3.70. The third kappa shape index (κ3) is 5.85. The molecule has 0 aromatic heterocycles. The summed E-state index contributed by atoms with van der Waals surface area (Å²) in [5.41, 5.74) is 2.80. The van der Waals surface area contributed by atoms with Gasteiger partial charge in [0.1, 0.15) is 5.75 Å². The first kappa shape index (κ1) is 20.9. The molecule has 0 heterocycles. The maximum absolute atomic E-state index is 12.8. The van der Waals surface area contributed by atoms with E-state index < -0.39 is 0 Å². The average Bonchev–Trinajstić information content (AvgIpc) is 2.77. The average molecular weight is 403 g/mol. The molecule has 0 radical (unpaired) electrons. The van der Waals surface area contributed by atoms with Gasteiger partial charge in [-0.25, -0.2) is 0 Å². The van der Waals surface area contributed by atoms with E-state index in [1.165, 1.54) is 0 Å². The zero-order valence-corrected chi connectivity index (χ0v) is 17.1. The van der Waals surface area contributed by atoms with Gasteiger partial charge in [-0.2, -0.15) is 0 Å². The van der Waals surface area contributed by atoms with Crippen molar-refractivity contribution in [3.8, 4) is 5.75 Å². The second-order valence-corrected chi connectivity index (χ2v) is 6.94. The monoisotopic (exact) mass is 403 g/mol. The molecule has 6 heteroatoms. The number of nitrogens with one attached hydrogen (secondary N) is 2. The molecule has 0 aliphatic carbocycles. The number of anilines is 2. The van der Waals surface area contributed by atoms with Crippen molar-refractivity contribution in [3.63, 3.8) is 0 Å². The highest BCUT2D eigenvalue weighted by Gasteiger charge is 2.15. The molecular weight excluding hydrogens is 378 g/mol. The van der Waals surface area contributed by atoms with Crippen molar-refractivity contribution in [1.82, 2.24) is 5.32 Å². The number of nitrogens with zero attached hydrogens (tertiary/aromatic N) is 1. The Hall–Kier alpha value is -3.80. The van der Waals surface area contributed by atoms with Gasteiger partial charge in [0.25, 0.3) is 11.8 Å². The van der Waals surface area contributed by atoms with E-state index in [1.54, 1.807) is 24.3 Å². The van der Waals surface area contributed by atoms with Gasteiger partial charge in [0, 0.05) is 32.0 Å². The summed E-state index contributed by atoms with van der Waals surface area (Å²) >= 11 is 0. The number of carbonyl (C=O) groups is 2. The second-order valence-electron chi connectivity index (χ2n) is 6.94. The van der Waals surface area contributed by atoms with Gasteiger partial charge < -0.3 is 20.3 Å². The first-order valence-electron chi connectivity index (χ1n) is 9.64. The van der Waals surface area contributed by atoms with E-state index in [0.29, 0.717) is 23.5 Å².